The number of carboxylic acid groups (broad SMARTS) is 1. The minimum Gasteiger partial charge on any atom is -0.493 e. The van der Waals surface area contributed by atoms with Crippen molar-refractivity contribution in [3.63, 3.8) is 0 Å². The molecule has 0 aliphatic carbocycles. The minimum atomic E-state index is -1.06. The van der Waals surface area contributed by atoms with Gasteiger partial charge in [0, 0.05) is 13.7 Å². The Labute approximate surface area is 117 Å². The smallest absolute Gasteiger partial charge is 0.335 e. The van der Waals surface area contributed by atoms with Crippen LogP contribution in [0.5, 0.6) is 11.5 Å². The number of halogens is 1. The van der Waals surface area contributed by atoms with Crippen molar-refractivity contribution in [3.05, 3.63) is 22.7 Å². The van der Waals surface area contributed by atoms with Gasteiger partial charge in [0.1, 0.15) is 0 Å². The molecule has 0 aliphatic heterocycles. The number of ether oxygens (including phenoxy) is 3. The number of rotatable bonds is 8. The molecule has 1 N–H and O–H groups in total. The van der Waals surface area contributed by atoms with Crippen molar-refractivity contribution in [3.8, 4) is 11.5 Å². The Balaban J connectivity index is 2.74. The van der Waals surface area contributed by atoms with E-state index in [0.717, 1.165) is 12.8 Å². The van der Waals surface area contributed by atoms with Crippen LogP contribution in [0.4, 0.5) is 0 Å². The lowest BCUT2D eigenvalue weighted by Gasteiger charge is -2.13. The zero-order valence-corrected chi connectivity index (χ0v) is 11.7. The molecule has 0 saturated heterocycles. The number of unbranched alkanes of at least 4 members (excludes halogenated alkanes) is 1. The zero-order valence-electron chi connectivity index (χ0n) is 10.9. The molecule has 0 unspecified atom stereocenters. The Kier molecular flexibility index (Phi) is 6.45. The maximum atomic E-state index is 10.9. The maximum Gasteiger partial charge on any atom is 0.335 e. The lowest BCUT2D eigenvalue weighted by atomic mass is 10.2. The van der Waals surface area contributed by atoms with Crippen LogP contribution < -0.4 is 9.47 Å². The van der Waals surface area contributed by atoms with E-state index >= 15 is 0 Å². The standard InChI is InChI=1S/C13H17ClO5/c1-17-5-3-4-6-19-12-10(14)7-9(13(15)16)8-11(12)18-2/h7-8H,3-6H2,1-2H3,(H,15,16). The number of aromatic carboxylic acids is 1. The Morgan fingerprint density at radius 2 is 1.95 bits per heavy atom. The third kappa shape index (κ3) is 4.61. The summed E-state index contributed by atoms with van der Waals surface area (Å²) in [5, 5.41) is 9.15. The molecule has 19 heavy (non-hydrogen) atoms. The summed E-state index contributed by atoms with van der Waals surface area (Å²) in [5.74, 6) is -0.380. The second kappa shape index (κ2) is 7.86. The molecule has 0 spiro atoms. The van der Waals surface area contributed by atoms with Crippen LogP contribution in [-0.4, -0.2) is 38.5 Å². The van der Waals surface area contributed by atoms with E-state index in [0.29, 0.717) is 24.7 Å². The van der Waals surface area contributed by atoms with Gasteiger partial charge in [-0.1, -0.05) is 11.6 Å². The van der Waals surface area contributed by atoms with E-state index in [9.17, 15) is 4.79 Å². The highest BCUT2D eigenvalue weighted by Crippen LogP contribution is 2.36. The highest BCUT2D eigenvalue weighted by molar-refractivity contribution is 6.32. The van der Waals surface area contributed by atoms with E-state index in [4.69, 9.17) is 30.9 Å². The molecule has 0 amide bonds. The van der Waals surface area contributed by atoms with Gasteiger partial charge in [0.2, 0.25) is 0 Å². The van der Waals surface area contributed by atoms with Gasteiger partial charge in [-0.05, 0) is 25.0 Å². The second-order valence-electron chi connectivity index (χ2n) is 3.84. The number of methoxy groups -OCH3 is 2. The van der Waals surface area contributed by atoms with Gasteiger partial charge in [-0.25, -0.2) is 4.79 Å². The van der Waals surface area contributed by atoms with E-state index in [1.165, 1.54) is 19.2 Å². The van der Waals surface area contributed by atoms with Crippen molar-refractivity contribution in [2.24, 2.45) is 0 Å². The largest absolute Gasteiger partial charge is 0.493 e. The van der Waals surface area contributed by atoms with Gasteiger partial charge in [-0.2, -0.15) is 0 Å². The quantitative estimate of drug-likeness (QED) is 0.745. The molecular weight excluding hydrogens is 272 g/mol. The summed E-state index contributed by atoms with van der Waals surface area (Å²) in [5.41, 5.74) is 0.0635. The summed E-state index contributed by atoms with van der Waals surface area (Å²) in [4.78, 5) is 10.9. The third-order valence-corrected chi connectivity index (χ3v) is 2.75. The third-order valence-electron chi connectivity index (χ3n) is 2.47. The Bertz CT molecular complexity index is 433. The first-order chi connectivity index (χ1) is 9.10. The highest BCUT2D eigenvalue weighted by Gasteiger charge is 2.15. The maximum absolute atomic E-state index is 10.9. The zero-order chi connectivity index (χ0) is 14.3. The number of hydrogen-bond acceptors (Lipinski definition) is 4. The minimum absolute atomic E-state index is 0.0635. The summed E-state index contributed by atoms with van der Waals surface area (Å²) >= 11 is 6.00. The summed E-state index contributed by atoms with van der Waals surface area (Å²) < 4.78 is 15.6. The van der Waals surface area contributed by atoms with Crippen LogP contribution >= 0.6 is 11.6 Å². The number of hydrogen-bond donors (Lipinski definition) is 1. The van der Waals surface area contributed by atoms with Crippen molar-refractivity contribution in [1.29, 1.82) is 0 Å². The summed E-state index contributed by atoms with van der Waals surface area (Å²) in [6.45, 7) is 1.14. The molecule has 0 atom stereocenters. The fourth-order valence-electron chi connectivity index (χ4n) is 1.51. The van der Waals surface area contributed by atoms with E-state index in [2.05, 4.69) is 0 Å². The van der Waals surface area contributed by atoms with Crippen LogP contribution in [0.3, 0.4) is 0 Å². The Hall–Kier alpha value is -1.46. The average molecular weight is 289 g/mol. The average Bonchev–Trinajstić information content (AvgIpc) is 2.39. The number of carboxylic acids is 1. The molecule has 0 radical (unpaired) electrons. The first-order valence-electron chi connectivity index (χ1n) is 5.82. The molecule has 5 nitrogen and oxygen atoms in total. The first kappa shape index (κ1) is 15.6. The lowest BCUT2D eigenvalue weighted by Crippen LogP contribution is -2.04. The van der Waals surface area contributed by atoms with E-state index in [1.54, 1.807) is 7.11 Å². The van der Waals surface area contributed by atoms with Gasteiger partial charge in [-0.15, -0.1) is 0 Å². The SMILES string of the molecule is COCCCCOc1c(Cl)cc(C(=O)O)cc1OC. The van der Waals surface area contributed by atoms with Crippen molar-refractivity contribution >= 4 is 17.6 Å². The Morgan fingerprint density at radius 3 is 2.53 bits per heavy atom. The second-order valence-corrected chi connectivity index (χ2v) is 4.25. The molecule has 1 aromatic rings. The molecule has 0 bridgehead atoms. The van der Waals surface area contributed by atoms with Crippen LogP contribution in [0.1, 0.15) is 23.2 Å². The van der Waals surface area contributed by atoms with Crippen LogP contribution in [0, 0.1) is 0 Å². The van der Waals surface area contributed by atoms with Crippen molar-refractivity contribution in [2.75, 3.05) is 27.4 Å². The van der Waals surface area contributed by atoms with Crippen LogP contribution in [-0.2, 0) is 4.74 Å². The molecule has 0 heterocycles. The fourth-order valence-corrected chi connectivity index (χ4v) is 1.77. The fraction of sp³-hybridized carbons (Fsp3) is 0.462. The van der Waals surface area contributed by atoms with Crippen LogP contribution in [0.2, 0.25) is 5.02 Å². The van der Waals surface area contributed by atoms with Gasteiger partial charge in [0.05, 0.1) is 24.3 Å². The Morgan fingerprint density at radius 1 is 1.26 bits per heavy atom. The van der Waals surface area contributed by atoms with Gasteiger partial charge in [-0.3, -0.25) is 0 Å². The van der Waals surface area contributed by atoms with Gasteiger partial charge in [0.15, 0.2) is 11.5 Å². The molecular formula is C13H17ClO5. The molecule has 0 saturated carbocycles. The highest BCUT2D eigenvalue weighted by atomic mass is 35.5. The number of benzene rings is 1. The van der Waals surface area contributed by atoms with Gasteiger partial charge < -0.3 is 19.3 Å². The predicted octanol–water partition coefficient (Wildman–Crippen LogP) is 2.85. The first-order valence-corrected chi connectivity index (χ1v) is 6.20. The van der Waals surface area contributed by atoms with Crippen molar-refractivity contribution < 1.29 is 24.1 Å². The molecule has 0 fully saturated rings. The predicted molar refractivity (Wildman–Crippen MR) is 71.6 cm³/mol. The van der Waals surface area contributed by atoms with E-state index in [-0.39, 0.29) is 10.6 Å². The van der Waals surface area contributed by atoms with Gasteiger partial charge in [0.25, 0.3) is 0 Å². The monoisotopic (exact) mass is 288 g/mol. The van der Waals surface area contributed by atoms with Crippen molar-refractivity contribution in [2.45, 2.75) is 12.8 Å². The molecule has 106 valence electrons. The summed E-state index contributed by atoms with van der Waals surface area (Å²) in [6, 6.07) is 2.73. The molecule has 0 aromatic heterocycles. The van der Waals surface area contributed by atoms with E-state index in [1.807, 2.05) is 0 Å². The molecule has 6 heteroatoms. The van der Waals surface area contributed by atoms with Crippen LogP contribution in [0.15, 0.2) is 12.1 Å². The topological polar surface area (TPSA) is 65.0 Å². The van der Waals surface area contributed by atoms with Gasteiger partial charge >= 0.3 is 5.97 Å². The molecule has 1 aromatic carbocycles. The molecule has 1 rings (SSSR count). The normalized spacial score (nSPS) is 10.3. The number of carbonyl (C=O) groups is 1. The van der Waals surface area contributed by atoms with Crippen LogP contribution in [0.25, 0.3) is 0 Å². The van der Waals surface area contributed by atoms with E-state index < -0.39 is 5.97 Å². The lowest BCUT2D eigenvalue weighted by molar-refractivity contribution is 0.0696. The molecule has 0 aliphatic rings. The van der Waals surface area contributed by atoms with Crippen molar-refractivity contribution in [1.82, 2.24) is 0 Å². The summed E-state index contributed by atoms with van der Waals surface area (Å²) in [7, 11) is 3.08. The summed E-state index contributed by atoms with van der Waals surface area (Å²) in [6.07, 6.45) is 1.69.